The first-order valence-corrected chi connectivity index (χ1v) is 4.57. The van der Waals surface area contributed by atoms with Crippen molar-refractivity contribution in [3.63, 3.8) is 0 Å². The van der Waals surface area contributed by atoms with Crippen LogP contribution >= 0.6 is 0 Å². The molecule has 0 aliphatic carbocycles. The minimum absolute atomic E-state index is 0.171. The van der Waals surface area contributed by atoms with E-state index in [-0.39, 0.29) is 12.1 Å². The molecule has 6 heteroatoms. The number of pyridine rings is 1. The minimum atomic E-state index is -0.444. The van der Waals surface area contributed by atoms with Gasteiger partial charge in [-0.3, -0.25) is 9.78 Å². The highest BCUT2D eigenvalue weighted by Gasteiger charge is 2.01. The zero-order valence-electron chi connectivity index (χ0n) is 8.30. The van der Waals surface area contributed by atoms with Crippen LogP contribution in [0, 0.1) is 5.82 Å². The van der Waals surface area contributed by atoms with E-state index >= 15 is 0 Å². The van der Waals surface area contributed by atoms with Crippen LogP contribution < -0.4 is 11.3 Å². The summed E-state index contributed by atoms with van der Waals surface area (Å²) in [5.41, 5.74) is 5.94. The summed E-state index contributed by atoms with van der Waals surface area (Å²) < 4.78 is 14.0. The largest absolute Gasteiger partial charge is 0.397 e. The quantitative estimate of drug-likeness (QED) is 0.795. The molecule has 2 rings (SSSR count). The molecule has 2 N–H and O–H groups in total. The first kappa shape index (κ1) is 10.3. The second-order valence-electron chi connectivity index (χ2n) is 3.30. The van der Waals surface area contributed by atoms with E-state index in [9.17, 15) is 9.18 Å². The number of aromatic nitrogens is 3. The van der Waals surface area contributed by atoms with Gasteiger partial charge in [-0.15, -0.1) is 0 Å². The fraction of sp³-hybridized carbons (Fsp3) is 0.100. The van der Waals surface area contributed by atoms with Crippen LogP contribution in [0.25, 0.3) is 0 Å². The molecule has 0 unspecified atom stereocenters. The summed E-state index contributed by atoms with van der Waals surface area (Å²) >= 11 is 0. The minimum Gasteiger partial charge on any atom is -0.397 e. The lowest BCUT2D eigenvalue weighted by Crippen LogP contribution is -2.23. The summed E-state index contributed by atoms with van der Waals surface area (Å²) in [6.07, 6.45) is 3.95. The standard InChI is InChI=1S/C10H9FN4O/c11-8-1-7(3-13-4-8)6-15-10(16)2-9(12)5-14-15/h1-5H,6,12H2. The molecule has 0 saturated carbocycles. The molecule has 0 saturated heterocycles. The van der Waals surface area contributed by atoms with E-state index in [1.54, 1.807) is 0 Å². The van der Waals surface area contributed by atoms with E-state index in [0.717, 1.165) is 6.20 Å². The molecule has 0 atom stereocenters. The van der Waals surface area contributed by atoms with Gasteiger partial charge in [-0.05, 0) is 11.6 Å². The van der Waals surface area contributed by atoms with Crippen LogP contribution in [0.5, 0.6) is 0 Å². The predicted molar refractivity (Wildman–Crippen MR) is 56.2 cm³/mol. The molecular formula is C10H9FN4O. The third-order valence-electron chi connectivity index (χ3n) is 1.98. The Morgan fingerprint density at radius 2 is 2.12 bits per heavy atom. The average Bonchev–Trinajstić information content (AvgIpc) is 2.22. The number of hydrogen-bond acceptors (Lipinski definition) is 4. The Morgan fingerprint density at radius 3 is 2.81 bits per heavy atom. The average molecular weight is 220 g/mol. The third kappa shape index (κ3) is 2.22. The van der Waals surface area contributed by atoms with Gasteiger partial charge in [0.2, 0.25) is 0 Å². The smallest absolute Gasteiger partial charge is 0.269 e. The van der Waals surface area contributed by atoms with Crippen molar-refractivity contribution in [3.8, 4) is 0 Å². The second-order valence-corrected chi connectivity index (χ2v) is 3.30. The Balaban J connectivity index is 2.31. The molecule has 5 nitrogen and oxygen atoms in total. The summed E-state index contributed by atoms with van der Waals surface area (Å²) in [6.45, 7) is 0.171. The maximum Gasteiger partial charge on any atom is 0.269 e. The monoisotopic (exact) mass is 220 g/mol. The third-order valence-corrected chi connectivity index (χ3v) is 1.98. The lowest BCUT2D eigenvalue weighted by Gasteiger charge is -2.03. The van der Waals surface area contributed by atoms with Crippen LogP contribution in [0.3, 0.4) is 0 Å². The predicted octanol–water partition coefficient (Wildman–Crippen LogP) is 0.408. The summed E-state index contributed by atoms with van der Waals surface area (Å²) in [7, 11) is 0. The van der Waals surface area contributed by atoms with Gasteiger partial charge >= 0.3 is 0 Å². The molecule has 0 bridgehead atoms. The number of halogens is 1. The number of hydrogen-bond donors (Lipinski definition) is 1. The van der Waals surface area contributed by atoms with Crippen LogP contribution in [0.1, 0.15) is 5.56 Å². The van der Waals surface area contributed by atoms with Crippen molar-refractivity contribution in [1.82, 2.24) is 14.8 Å². The Hall–Kier alpha value is -2.24. The molecule has 82 valence electrons. The Bertz CT molecular complexity index is 567. The lowest BCUT2D eigenvalue weighted by atomic mass is 10.3. The van der Waals surface area contributed by atoms with Crippen molar-refractivity contribution >= 4 is 5.69 Å². The number of nitrogens with two attached hydrogens (primary N) is 1. The molecule has 0 amide bonds. The highest BCUT2D eigenvalue weighted by atomic mass is 19.1. The van der Waals surface area contributed by atoms with E-state index in [1.807, 2.05) is 0 Å². The molecule has 16 heavy (non-hydrogen) atoms. The van der Waals surface area contributed by atoms with Gasteiger partial charge in [0.05, 0.1) is 24.6 Å². The van der Waals surface area contributed by atoms with Crippen molar-refractivity contribution in [2.45, 2.75) is 6.54 Å². The first-order chi connectivity index (χ1) is 7.65. The van der Waals surface area contributed by atoms with Gasteiger partial charge in [-0.1, -0.05) is 0 Å². The van der Waals surface area contributed by atoms with Gasteiger partial charge < -0.3 is 5.73 Å². The van der Waals surface area contributed by atoms with Crippen LogP contribution in [0.2, 0.25) is 0 Å². The zero-order chi connectivity index (χ0) is 11.5. The Kier molecular flexibility index (Phi) is 2.63. The molecule has 0 spiro atoms. The molecule has 0 aromatic carbocycles. The molecule has 0 aliphatic rings. The molecule has 2 aromatic heterocycles. The van der Waals surface area contributed by atoms with E-state index in [4.69, 9.17) is 5.73 Å². The maximum atomic E-state index is 12.8. The first-order valence-electron chi connectivity index (χ1n) is 4.57. The molecule has 0 radical (unpaired) electrons. The van der Waals surface area contributed by atoms with Gasteiger partial charge in [0.1, 0.15) is 5.82 Å². The molecule has 0 fully saturated rings. The van der Waals surface area contributed by atoms with Gasteiger partial charge in [-0.25, -0.2) is 9.07 Å². The maximum absolute atomic E-state index is 12.8. The number of anilines is 1. The van der Waals surface area contributed by atoms with Crippen molar-refractivity contribution in [3.05, 3.63) is 52.5 Å². The molecule has 2 aromatic rings. The zero-order valence-corrected chi connectivity index (χ0v) is 8.30. The number of nitrogens with zero attached hydrogens (tertiary/aromatic N) is 3. The van der Waals surface area contributed by atoms with Crippen molar-refractivity contribution in [2.75, 3.05) is 5.73 Å². The van der Waals surface area contributed by atoms with Gasteiger partial charge in [0, 0.05) is 12.3 Å². The lowest BCUT2D eigenvalue weighted by molar-refractivity contribution is 0.604. The van der Waals surface area contributed by atoms with Gasteiger partial charge in [-0.2, -0.15) is 5.10 Å². The SMILES string of the molecule is Nc1cnn(Cc2cncc(F)c2)c(=O)c1. The normalized spacial score (nSPS) is 10.3. The Morgan fingerprint density at radius 1 is 1.31 bits per heavy atom. The topological polar surface area (TPSA) is 73.8 Å². The second kappa shape index (κ2) is 4.09. The molecular weight excluding hydrogens is 211 g/mol. The summed E-state index contributed by atoms with van der Waals surface area (Å²) in [5.74, 6) is -0.444. The van der Waals surface area contributed by atoms with Crippen LogP contribution in [-0.2, 0) is 6.54 Å². The highest BCUT2D eigenvalue weighted by Crippen LogP contribution is 2.02. The van der Waals surface area contributed by atoms with Crippen LogP contribution in [0.15, 0.2) is 35.5 Å². The van der Waals surface area contributed by atoms with Crippen LogP contribution in [0.4, 0.5) is 10.1 Å². The van der Waals surface area contributed by atoms with Gasteiger partial charge in [0.15, 0.2) is 0 Å². The van der Waals surface area contributed by atoms with Crippen molar-refractivity contribution in [2.24, 2.45) is 0 Å². The molecule has 0 aliphatic heterocycles. The van der Waals surface area contributed by atoms with E-state index in [1.165, 1.54) is 29.2 Å². The van der Waals surface area contributed by atoms with Crippen molar-refractivity contribution < 1.29 is 4.39 Å². The fourth-order valence-corrected chi connectivity index (χ4v) is 1.28. The summed E-state index contributed by atoms with van der Waals surface area (Å²) in [4.78, 5) is 15.1. The van der Waals surface area contributed by atoms with E-state index in [2.05, 4.69) is 10.1 Å². The molecule has 2 heterocycles. The fourth-order valence-electron chi connectivity index (χ4n) is 1.28. The summed E-state index contributed by atoms with van der Waals surface area (Å²) in [6, 6.07) is 2.57. The summed E-state index contributed by atoms with van der Waals surface area (Å²) in [5, 5.41) is 3.83. The van der Waals surface area contributed by atoms with Gasteiger partial charge in [0.25, 0.3) is 5.56 Å². The Labute approximate surface area is 90.4 Å². The number of nitrogen functional groups attached to an aromatic ring is 1. The van der Waals surface area contributed by atoms with Crippen molar-refractivity contribution in [1.29, 1.82) is 0 Å². The van der Waals surface area contributed by atoms with Crippen LogP contribution in [-0.4, -0.2) is 14.8 Å². The number of rotatable bonds is 2. The van der Waals surface area contributed by atoms with E-state index < -0.39 is 5.82 Å². The van der Waals surface area contributed by atoms with E-state index in [0.29, 0.717) is 11.3 Å². The highest BCUT2D eigenvalue weighted by molar-refractivity contribution is 5.31.